The lowest BCUT2D eigenvalue weighted by atomic mass is 10.1. The number of benzene rings is 1. The molecule has 0 aliphatic carbocycles. The van der Waals surface area contributed by atoms with Gasteiger partial charge in [0.15, 0.2) is 11.0 Å². The van der Waals surface area contributed by atoms with E-state index in [-0.39, 0.29) is 23.8 Å². The lowest BCUT2D eigenvalue weighted by Gasteiger charge is -2.04. The molecular formula is C17H15FN4OS. The predicted octanol–water partition coefficient (Wildman–Crippen LogP) is 2.92. The summed E-state index contributed by atoms with van der Waals surface area (Å²) in [5.41, 5.74) is 1.67. The Hall–Kier alpha value is -2.54. The van der Waals surface area contributed by atoms with Crippen molar-refractivity contribution in [3.63, 3.8) is 0 Å². The molecule has 0 atom stereocenters. The van der Waals surface area contributed by atoms with Crippen molar-refractivity contribution in [1.29, 1.82) is 0 Å². The van der Waals surface area contributed by atoms with E-state index < -0.39 is 0 Å². The van der Waals surface area contributed by atoms with E-state index in [1.165, 1.54) is 23.9 Å². The molecule has 3 rings (SSSR count). The van der Waals surface area contributed by atoms with Crippen LogP contribution in [0.4, 0.5) is 4.39 Å². The Labute approximate surface area is 143 Å². The normalized spacial score (nSPS) is 10.8. The largest absolute Gasteiger partial charge is 0.305 e. The van der Waals surface area contributed by atoms with Crippen molar-refractivity contribution in [3.8, 4) is 11.4 Å². The Morgan fingerprint density at radius 2 is 2.00 bits per heavy atom. The van der Waals surface area contributed by atoms with Crippen LogP contribution in [0.15, 0.2) is 53.9 Å². The van der Waals surface area contributed by atoms with Gasteiger partial charge in [0.1, 0.15) is 11.6 Å². The minimum absolute atomic E-state index is 0.0533. The van der Waals surface area contributed by atoms with Crippen molar-refractivity contribution >= 4 is 17.5 Å². The molecule has 0 unspecified atom stereocenters. The number of aromatic nitrogens is 4. The van der Waals surface area contributed by atoms with Gasteiger partial charge in [-0.3, -0.25) is 9.78 Å². The van der Waals surface area contributed by atoms with Gasteiger partial charge in [-0.05, 0) is 29.8 Å². The first-order valence-electron chi connectivity index (χ1n) is 7.32. The maximum absolute atomic E-state index is 12.9. The molecule has 24 heavy (non-hydrogen) atoms. The van der Waals surface area contributed by atoms with Gasteiger partial charge in [-0.2, -0.15) is 0 Å². The molecule has 0 spiro atoms. The molecule has 0 bridgehead atoms. The molecule has 122 valence electrons. The number of Topliss-reactive ketones (excluding diaryl/α,β-unsaturated/α-hetero) is 1. The highest BCUT2D eigenvalue weighted by atomic mass is 32.2. The zero-order chi connectivity index (χ0) is 16.9. The fourth-order valence-corrected chi connectivity index (χ4v) is 2.98. The first kappa shape index (κ1) is 16.3. The third-order valence-electron chi connectivity index (χ3n) is 3.43. The summed E-state index contributed by atoms with van der Waals surface area (Å²) >= 11 is 1.34. The predicted molar refractivity (Wildman–Crippen MR) is 90.1 cm³/mol. The van der Waals surface area contributed by atoms with Crippen LogP contribution in [-0.2, 0) is 18.3 Å². The second kappa shape index (κ2) is 7.35. The van der Waals surface area contributed by atoms with Gasteiger partial charge < -0.3 is 4.57 Å². The first-order chi connectivity index (χ1) is 11.6. The smallest absolute Gasteiger partial charge is 0.191 e. The second-order valence-corrected chi connectivity index (χ2v) is 6.18. The van der Waals surface area contributed by atoms with Gasteiger partial charge in [-0.25, -0.2) is 4.39 Å². The number of hydrogen-bond donors (Lipinski definition) is 0. The van der Waals surface area contributed by atoms with Crippen molar-refractivity contribution in [1.82, 2.24) is 19.7 Å². The third-order valence-corrected chi connectivity index (χ3v) is 4.51. The standard InChI is InChI=1S/C17H15FN4OS/c1-22-16(13-3-2-8-19-10-13)20-21-17(22)24-11-15(23)9-12-4-6-14(18)7-5-12/h2-8,10H,9,11H2,1H3. The average molecular weight is 342 g/mol. The Bertz CT molecular complexity index is 834. The summed E-state index contributed by atoms with van der Waals surface area (Å²) in [5.74, 6) is 0.743. The molecule has 0 fully saturated rings. The number of carbonyl (C=O) groups excluding carboxylic acids is 1. The molecule has 0 saturated heterocycles. The average Bonchev–Trinajstić information content (AvgIpc) is 2.97. The van der Waals surface area contributed by atoms with E-state index >= 15 is 0 Å². The molecule has 7 heteroatoms. The Balaban J connectivity index is 1.62. The summed E-state index contributed by atoms with van der Waals surface area (Å²) in [6.45, 7) is 0. The highest BCUT2D eigenvalue weighted by Crippen LogP contribution is 2.22. The van der Waals surface area contributed by atoms with Crippen molar-refractivity contribution < 1.29 is 9.18 Å². The van der Waals surface area contributed by atoms with E-state index in [4.69, 9.17) is 0 Å². The summed E-state index contributed by atoms with van der Waals surface area (Å²) in [6.07, 6.45) is 3.70. The fraction of sp³-hybridized carbons (Fsp3) is 0.176. The summed E-state index contributed by atoms with van der Waals surface area (Å²) in [7, 11) is 1.86. The number of nitrogens with zero attached hydrogens (tertiary/aromatic N) is 4. The van der Waals surface area contributed by atoms with Crippen LogP contribution < -0.4 is 0 Å². The van der Waals surface area contributed by atoms with Crippen molar-refractivity contribution in [2.45, 2.75) is 11.6 Å². The highest BCUT2D eigenvalue weighted by Gasteiger charge is 2.13. The molecule has 0 radical (unpaired) electrons. The number of thioether (sulfide) groups is 1. The van der Waals surface area contributed by atoms with Gasteiger partial charge >= 0.3 is 0 Å². The number of carbonyl (C=O) groups is 1. The maximum Gasteiger partial charge on any atom is 0.191 e. The van der Waals surface area contributed by atoms with Crippen LogP contribution in [0, 0.1) is 5.82 Å². The SMILES string of the molecule is Cn1c(SCC(=O)Cc2ccc(F)cc2)nnc1-c1cccnc1. The summed E-state index contributed by atoms with van der Waals surface area (Å²) in [4.78, 5) is 16.1. The van der Waals surface area contributed by atoms with E-state index in [0.717, 1.165) is 11.1 Å². The summed E-state index contributed by atoms with van der Waals surface area (Å²) < 4.78 is 14.7. The van der Waals surface area contributed by atoms with Crippen LogP contribution in [0.25, 0.3) is 11.4 Å². The monoisotopic (exact) mass is 342 g/mol. The van der Waals surface area contributed by atoms with Crippen LogP contribution in [0.5, 0.6) is 0 Å². The summed E-state index contributed by atoms with van der Waals surface area (Å²) in [6, 6.07) is 9.72. The van der Waals surface area contributed by atoms with Gasteiger partial charge in [-0.15, -0.1) is 10.2 Å². The van der Waals surface area contributed by atoms with Crippen LogP contribution in [-0.4, -0.2) is 31.3 Å². The van der Waals surface area contributed by atoms with Crippen LogP contribution in [0.2, 0.25) is 0 Å². The van der Waals surface area contributed by atoms with Crippen LogP contribution in [0.1, 0.15) is 5.56 Å². The quantitative estimate of drug-likeness (QED) is 0.645. The van der Waals surface area contributed by atoms with E-state index in [2.05, 4.69) is 15.2 Å². The molecule has 0 N–H and O–H groups in total. The number of hydrogen-bond acceptors (Lipinski definition) is 5. The zero-order valence-corrected chi connectivity index (χ0v) is 13.8. The molecule has 5 nitrogen and oxygen atoms in total. The van der Waals surface area contributed by atoms with E-state index in [9.17, 15) is 9.18 Å². The Morgan fingerprint density at radius 3 is 2.71 bits per heavy atom. The minimum Gasteiger partial charge on any atom is -0.305 e. The van der Waals surface area contributed by atoms with Gasteiger partial charge in [0.25, 0.3) is 0 Å². The van der Waals surface area contributed by atoms with Crippen molar-refractivity contribution in [2.75, 3.05) is 5.75 Å². The first-order valence-corrected chi connectivity index (χ1v) is 8.31. The van der Waals surface area contributed by atoms with Gasteiger partial charge in [0.2, 0.25) is 0 Å². The van der Waals surface area contributed by atoms with Crippen LogP contribution >= 0.6 is 11.8 Å². The molecule has 0 saturated carbocycles. The molecule has 0 aliphatic heterocycles. The lowest BCUT2D eigenvalue weighted by molar-refractivity contribution is -0.116. The van der Waals surface area contributed by atoms with Crippen molar-refractivity contribution in [3.05, 3.63) is 60.2 Å². The Kier molecular flexibility index (Phi) is 5.00. The number of pyridine rings is 1. The lowest BCUT2D eigenvalue weighted by Crippen LogP contribution is -2.06. The molecule has 2 heterocycles. The summed E-state index contributed by atoms with van der Waals surface area (Å²) in [5, 5.41) is 8.95. The van der Waals surface area contributed by atoms with Crippen molar-refractivity contribution in [2.24, 2.45) is 7.05 Å². The molecule has 3 aromatic rings. The molecular weight excluding hydrogens is 327 g/mol. The third kappa shape index (κ3) is 3.86. The van der Waals surface area contributed by atoms with E-state index in [1.54, 1.807) is 24.5 Å². The van der Waals surface area contributed by atoms with Gasteiger partial charge in [-0.1, -0.05) is 23.9 Å². The topological polar surface area (TPSA) is 60.7 Å². The Morgan fingerprint density at radius 1 is 1.21 bits per heavy atom. The molecule has 1 aromatic carbocycles. The van der Waals surface area contributed by atoms with Gasteiger partial charge in [0.05, 0.1) is 5.75 Å². The van der Waals surface area contributed by atoms with E-state index in [1.807, 2.05) is 23.7 Å². The minimum atomic E-state index is -0.303. The van der Waals surface area contributed by atoms with E-state index in [0.29, 0.717) is 11.0 Å². The van der Waals surface area contributed by atoms with Gasteiger partial charge in [0, 0.05) is 31.4 Å². The zero-order valence-electron chi connectivity index (χ0n) is 13.0. The number of rotatable bonds is 6. The number of ketones is 1. The molecule has 2 aromatic heterocycles. The number of halogens is 1. The highest BCUT2D eigenvalue weighted by molar-refractivity contribution is 7.99. The second-order valence-electron chi connectivity index (χ2n) is 5.24. The fourth-order valence-electron chi connectivity index (χ4n) is 2.21. The maximum atomic E-state index is 12.9. The van der Waals surface area contributed by atoms with Crippen LogP contribution in [0.3, 0.4) is 0 Å². The molecule has 0 aliphatic rings. The molecule has 0 amide bonds.